The Morgan fingerprint density at radius 3 is 2.36 bits per heavy atom. The third kappa shape index (κ3) is 8.46. The molecule has 0 saturated carbocycles. The van der Waals surface area contributed by atoms with Crippen molar-refractivity contribution in [3.8, 4) is 0 Å². The van der Waals surface area contributed by atoms with Crippen molar-refractivity contribution in [2.75, 3.05) is 6.54 Å². The van der Waals surface area contributed by atoms with E-state index in [9.17, 15) is 32.1 Å². The van der Waals surface area contributed by atoms with Crippen LogP contribution in [0.1, 0.15) is 38.7 Å². The fourth-order valence-electron chi connectivity index (χ4n) is 3.43. The lowest BCUT2D eigenvalue weighted by Crippen LogP contribution is -2.53. The van der Waals surface area contributed by atoms with Gasteiger partial charge in [0.2, 0.25) is 11.8 Å². The molecule has 0 aromatic heterocycles. The molecule has 1 fully saturated rings. The summed E-state index contributed by atoms with van der Waals surface area (Å²) in [5.41, 5.74) is 0.742. The van der Waals surface area contributed by atoms with E-state index in [0.717, 1.165) is 5.56 Å². The second-order valence-corrected chi connectivity index (χ2v) is 9.61. The van der Waals surface area contributed by atoms with Crippen LogP contribution in [0.25, 0.3) is 0 Å². The van der Waals surface area contributed by atoms with E-state index in [-0.39, 0.29) is 31.3 Å². The number of ether oxygens (including phenoxy) is 1. The zero-order chi connectivity index (χ0) is 24.6. The van der Waals surface area contributed by atoms with Gasteiger partial charge in [0.05, 0.1) is 0 Å². The van der Waals surface area contributed by atoms with Crippen LogP contribution in [0.4, 0.5) is 4.79 Å². The van der Waals surface area contributed by atoms with Gasteiger partial charge in [0.1, 0.15) is 18.7 Å². The summed E-state index contributed by atoms with van der Waals surface area (Å²) >= 11 is 0. The minimum absolute atomic E-state index is 0.0245. The molecule has 3 amide bonds. The minimum atomic E-state index is -5.12. The van der Waals surface area contributed by atoms with E-state index in [2.05, 4.69) is 16.0 Å². The van der Waals surface area contributed by atoms with Crippen molar-refractivity contribution in [3.63, 3.8) is 0 Å². The van der Waals surface area contributed by atoms with Gasteiger partial charge in [-0.25, -0.2) is 4.79 Å². The van der Waals surface area contributed by atoms with Crippen molar-refractivity contribution in [3.05, 3.63) is 35.9 Å². The summed E-state index contributed by atoms with van der Waals surface area (Å²) in [7, 11) is -5.12. The molecule has 0 radical (unpaired) electrons. The van der Waals surface area contributed by atoms with E-state index in [0.29, 0.717) is 13.0 Å². The zero-order valence-electron chi connectivity index (χ0n) is 18.4. The van der Waals surface area contributed by atoms with Gasteiger partial charge in [-0.05, 0) is 30.7 Å². The average Bonchev–Trinajstić information content (AvgIpc) is 3.14. The topological polar surface area (TPSA) is 168 Å². The molecule has 1 heterocycles. The van der Waals surface area contributed by atoms with Crippen LogP contribution in [0.5, 0.6) is 0 Å². The molecule has 1 aromatic carbocycles. The van der Waals surface area contributed by atoms with Crippen LogP contribution in [-0.4, -0.2) is 54.6 Å². The van der Waals surface area contributed by atoms with Crippen molar-refractivity contribution >= 4 is 33.1 Å². The van der Waals surface area contributed by atoms with Crippen molar-refractivity contribution < 1.29 is 36.9 Å². The summed E-state index contributed by atoms with van der Waals surface area (Å²) in [5.74, 6) is -1.96. The van der Waals surface area contributed by atoms with Crippen molar-refractivity contribution in [1.29, 1.82) is 0 Å². The van der Waals surface area contributed by atoms with E-state index in [1.807, 2.05) is 6.07 Å². The van der Waals surface area contributed by atoms with Gasteiger partial charge < -0.3 is 20.7 Å². The Morgan fingerprint density at radius 2 is 1.82 bits per heavy atom. The van der Waals surface area contributed by atoms with Gasteiger partial charge in [0.15, 0.2) is 0 Å². The van der Waals surface area contributed by atoms with Crippen LogP contribution in [0.15, 0.2) is 30.3 Å². The van der Waals surface area contributed by atoms with E-state index >= 15 is 0 Å². The highest BCUT2D eigenvalue weighted by Gasteiger charge is 2.37. The Bertz CT molecular complexity index is 965. The molecule has 3 atom stereocenters. The van der Waals surface area contributed by atoms with Gasteiger partial charge in [-0.1, -0.05) is 44.2 Å². The summed E-state index contributed by atoms with van der Waals surface area (Å²) in [6.45, 7) is 3.94. The molecule has 2 rings (SSSR count). The number of hydrogen-bond donors (Lipinski definition) is 4. The molecule has 1 aliphatic rings. The first kappa shape index (κ1) is 26.3. The summed E-state index contributed by atoms with van der Waals surface area (Å²) in [4.78, 5) is 49.2. The maximum absolute atomic E-state index is 12.9. The summed E-state index contributed by atoms with van der Waals surface area (Å²) in [6.07, 6.45) is -0.650. The van der Waals surface area contributed by atoms with E-state index in [1.54, 1.807) is 38.1 Å². The number of carbonyl (C=O) groups excluding carboxylic acids is 4. The van der Waals surface area contributed by atoms with Gasteiger partial charge in [-0.15, -0.1) is 0 Å². The van der Waals surface area contributed by atoms with Crippen molar-refractivity contribution in [2.24, 2.45) is 11.8 Å². The largest absolute Gasteiger partial charge is 0.445 e. The molecule has 1 aromatic rings. The maximum atomic E-state index is 12.9. The highest BCUT2D eigenvalue weighted by atomic mass is 32.2. The zero-order valence-corrected chi connectivity index (χ0v) is 19.3. The van der Waals surface area contributed by atoms with Gasteiger partial charge in [-0.3, -0.25) is 18.9 Å². The Hall–Kier alpha value is -2.99. The molecule has 11 nitrogen and oxygen atoms in total. The number of rotatable bonds is 10. The highest BCUT2D eigenvalue weighted by Crippen LogP contribution is 2.18. The molecule has 1 aliphatic heterocycles. The minimum Gasteiger partial charge on any atom is -0.445 e. The van der Waals surface area contributed by atoms with Gasteiger partial charge in [0, 0.05) is 12.5 Å². The summed E-state index contributed by atoms with van der Waals surface area (Å²) < 4.78 is 37.2. The lowest BCUT2D eigenvalue weighted by Gasteiger charge is -2.24. The Kier molecular flexibility index (Phi) is 9.35. The maximum Gasteiger partial charge on any atom is 0.408 e. The number of carbonyl (C=O) groups is 4. The lowest BCUT2D eigenvalue weighted by atomic mass is 9.98. The third-order valence-corrected chi connectivity index (χ3v) is 5.86. The molecule has 4 N–H and O–H groups in total. The molecule has 0 aliphatic carbocycles. The molecule has 182 valence electrons. The van der Waals surface area contributed by atoms with E-state index in [1.165, 1.54) is 0 Å². The summed E-state index contributed by atoms with van der Waals surface area (Å²) in [6, 6.07) is 6.10. The predicted octanol–water partition coefficient (Wildman–Crippen LogP) is 0.753. The molecular formula is C21H29N3O8S. The van der Waals surface area contributed by atoms with E-state index in [4.69, 9.17) is 4.74 Å². The van der Waals surface area contributed by atoms with Crippen LogP contribution >= 0.6 is 0 Å². The van der Waals surface area contributed by atoms with Crippen LogP contribution in [0.2, 0.25) is 0 Å². The molecule has 0 spiro atoms. The molecule has 1 saturated heterocycles. The number of amides is 3. The monoisotopic (exact) mass is 483 g/mol. The van der Waals surface area contributed by atoms with E-state index < -0.39 is 45.2 Å². The number of nitrogens with one attached hydrogen (secondary N) is 3. The smallest absolute Gasteiger partial charge is 0.408 e. The fourth-order valence-corrected chi connectivity index (χ4v) is 3.95. The summed E-state index contributed by atoms with van der Waals surface area (Å²) in [5, 5.41) is 5.65. The third-order valence-electron chi connectivity index (χ3n) is 5.07. The van der Waals surface area contributed by atoms with Crippen molar-refractivity contribution in [1.82, 2.24) is 16.0 Å². The van der Waals surface area contributed by atoms with Gasteiger partial charge in [-0.2, -0.15) is 8.42 Å². The normalized spacial score (nSPS) is 17.7. The number of alkyl carbamates (subject to hydrolysis) is 1. The van der Waals surface area contributed by atoms with Crippen LogP contribution in [-0.2, 0) is 35.8 Å². The first-order valence-electron chi connectivity index (χ1n) is 10.5. The predicted molar refractivity (Wildman–Crippen MR) is 117 cm³/mol. The van der Waals surface area contributed by atoms with Crippen LogP contribution < -0.4 is 16.0 Å². The van der Waals surface area contributed by atoms with Crippen molar-refractivity contribution in [2.45, 2.75) is 51.8 Å². The second-order valence-electron chi connectivity index (χ2n) is 8.26. The molecule has 0 bridgehead atoms. The van der Waals surface area contributed by atoms with Crippen LogP contribution in [0.3, 0.4) is 0 Å². The van der Waals surface area contributed by atoms with Gasteiger partial charge >= 0.3 is 16.2 Å². The Morgan fingerprint density at radius 1 is 1.15 bits per heavy atom. The molecule has 12 heteroatoms. The van der Waals surface area contributed by atoms with Crippen LogP contribution in [0, 0.1) is 11.8 Å². The SMILES string of the molecule is CC(C)CC(NC(=O)OCc1ccccc1)C(=O)NC(CC1CCNC1=O)C(=O)S(=O)(=O)O. The van der Waals surface area contributed by atoms with Gasteiger partial charge in [0.25, 0.3) is 5.12 Å². The first-order chi connectivity index (χ1) is 15.5. The number of hydrogen-bond acceptors (Lipinski definition) is 7. The quantitative estimate of drug-likeness (QED) is 0.354. The molecule has 3 unspecified atom stereocenters. The molecular weight excluding hydrogens is 454 g/mol. The molecule has 33 heavy (non-hydrogen) atoms. The Balaban J connectivity index is 2.09. The number of benzene rings is 1. The fraction of sp³-hybridized carbons (Fsp3) is 0.524. The Labute approximate surface area is 192 Å². The second kappa shape index (κ2) is 11.8. The first-order valence-corrected chi connectivity index (χ1v) is 12.0. The highest BCUT2D eigenvalue weighted by molar-refractivity contribution is 8.01. The standard InChI is InChI=1S/C21H29N3O8S/c1-13(2)10-16(24-21(28)32-12-14-6-4-3-5-7-14)19(26)23-17(20(27)33(29,30)31)11-15-8-9-22-18(15)25/h3-7,13,15-17H,8-12H2,1-2H3,(H,22,25)(H,23,26)(H,24,28)(H,29,30,31). The average molecular weight is 484 g/mol. The lowest BCUT2D eigenvalue weighted by molar-refractivity contribution is -0.128.